The second-order valence-electron chi connectivity index (χ2n) is 20.0. The summed E-state index contributed by atoms with van der Waals surface area (Å²) in [5, 5.41) is 14.7. The van der Waals surface area contributed by atoms with Crippen LogP contribution in [0, 0.1) is 11.8 Å². The highest BCUT2D eigenvalue weighted by Gasteiger charge is 2.31. The summed E-state index contributed by atoms with van der Waals surface area (Å²) in [7, 11) is 0. The summed E-state index contributed by atoms with van der Waals surface area (Å²) < 4.78 is 12.8. The van der Waals surface area contributed by atoms with Crippen LogP contribution < -0.4 is 9.47 Å². The van der Waals surface area contributed by atoms with E-state index < -0.39 is 5.60 Å². The Labute approximate surface area is 348 Å². The van der Waals surface area contributed by atoms with E-state index in [1.54, 1.807) is 13.8 Å². The molecule has 5 nitrogen and oxygen atoms in total. The molecule has 0 saturated carbocycles. The van der Waals surface area contributed by atoms with Crippen molar-refractivity contribution in [1.29, 1.82) is 0 Å². The maximum Gasteiger partial charge on any atom is 0.308 e. The number of rotatable bonds is 4. The third-order valence-electron chi connectivity index (χ3n) is 10.1. The number of halogens is 1. The SMILES string of the molecule is CC(=O)Oc1c(C(C)(C)C)cc(-c2ccc3c(C#CC(C)(C)O)c4cc(-c5cc(C(C)(C)C)c(OC(C)=O)c(C(C)(C)C)c5)ccc4c(Br)c3c2)cc1C(C)(C)C. The van der Waals surface area contributed by atoms with Crippen LogP contribution in [0.1, 0.15) is 139 Å². The molecule has 57 heavy (non-hydrogen) atoms. The summed E-state index contributed by atoms with van der Waals surface area (Å²) in [4.78, 5) is 24.7. The van der Waals surface area contributed by atoms with Gasteiger partial charge in [0.25, 0.3) is 0 Å². The normalized spacial score (nSPS) is 12.7. The van der Waals surface area contributed by atoms with Gasteiger partial charge in [-0.25, -0.2) is 0 Å². The molecule has 0 aromatic heterocycles. The molecule has 0 aliphatic rings. The number of aliphatic hydroxyl groups is 1. The van der Waals surface area contributed by atoms with Gasteiger partial charge in [-0.1, -0.05) is 119 Å². The average molecular weight is 832 g/mol. The van der Waals surface area contributed by atoms with Crippen LogP contribution in [0.25, 0.3) is 43.8 Å². The largest absolute Gasteiger partial charge is 0.426 e. The lowest BCUT2D eigenvalue weighted by Crippen LogP contribution is -2.21. The van der Waals surface area contributed by atoms with Gasteiger partial charge in [-0.2, -0.15) is 0 Å². The van der Waals surface area contributed by atoms with Crippen LogP contribution in [0.5, 0.6) is 11.5 Å². The van der Waals surface area contributed by atoms with E-state index in [0.29, 0.717) is 11.5 Å². The lowest BCUT2D eigenvalue weighted by molar-refractivity contribution is -0.133. The number of fused-ring (bicyclic) bond motifs is 2. The van der Waals surface area contributed by atoms with E-state index in [4.69, 9.17) is 9.47 Å². The Morgan fingerprint density at radius 2 is 0.860 bits per heavy atom. The number of hydrogen-bond donors (Lipinski definition) is 1. The van der Waals surface area contributed by atoms with Crippen molar-refractivity contribution in [2.24, 2.45) is 0 Å². The molecule has 5 aromatic carbocycles. The van der Waals surface area contributed by atoms with Gasteiger partial charge in [-0.15, -0.1) is 0 Å². The zero-order valence-electron chi connectivity index (χ0n) is 36.7. The topological polar surface area (TPSA) is 72.8 Å². The Bertz CT molecular complexity index is 2420. The van der Waals surface area contributed by atoms with E-state index >= 15 is 0 Å². The van der Waals surface area contributed by atoms with Gasteiger partial charge in [0.05, 0.1) is 0 Å². The summed E-state index contributed by atoms with van der Waals surface area (Å²) in [5.74, 6) is 7.06. The second-order valence-corrected chi connectivity index (χ2v) is 20.8. The zero-order chi connectivity index (χ0) is 42.8. The first-order valence-corrected chi connectivity index (χ1v) is 20.5. The van der Waals surface area contributed by atoms with Gasteiger partial charge in [0, 0.05) is 46.1 Å². The Morgan fingerprint density at radius 1 is 0.509 bits per heavy atom. The third-order valence-corrected chi connectivity index (χ3v) is 11.0. The van der Waals surface area contributed by atoms with Crippen molar-refractivity contribution < 1.29 is 24.2 Å². The molecule has 0 saturated heterocycles. The fourth-order valence-corrected chi connectivity index (χ4v) is 7.89. The van der Waals surface area contributed by atoms with Crippen LogP contribution in [0.3, 0.4) is 0 Å². The minimum absolute atomic E-state index is 0.298. The first-order chi connectivity index (χ1) is 26.0. The van der Waals surface area contributed by atoms with Crippen LogP contribution in [0.2, 0.25) is 0 Å². The van der Waals surface area contributed by atoms with E-state index in [0.717, 1.165) is 76.1 Å². The molecule has 0 radical (unpaired) electrons. The molecule has 0 bridgehead atoms. The molecule has 5 rings (SSSR count). The van der Waals surface area contributed by atoms with Crippen molar-refractivity contribution in [3.05, 3.63) is 93.0 Å². The Kier molecular flexibility index (Phi) is 11.5. The molecule has 0 heterocycles. The number of carbonyl (C=O) groups excluding carboxylic acids is 2. The first-order valence-electron chi connectivity index (χ1n) is 19.7. The highest BCUT2D eigenvalue weighted by Crippen LogP contribution is 2.47. The van der Waals surface area contributed by atoms with Crippen LogP contribution in [0.15, 0.2) is 65.1 Å². The van der Waals surface area contributed by atoms with Crippen molar-refractivity contribution in [1.82, 2.24) is 0 Å². The monoisotopic (exact) mass is 830 g/mol. The molecule has 0 aliphatic carbocycles. The molecular weight excluding hydrogens is 772 g/mol. The number of ether oxygens (including phenoxy) is 2. The molecule has 0 amide bonds. The van der Waals surface area contributed by atoms with Crippen molar-refractivity contribution in [2.45, 2.75) is 138 Å². The van der Waals surface area contributed by atoms with Crippen LogP contribution in [-0.4, -0.2) is 22.6 Å². The molecular formula is C51H59BrO5. The van der Waals surface area contributed by atoms with Crippen LogP contribution >= 0.6 is 15.9 Å². The molecule has 0 spiro atoms. The molecule has 5 aromatic rings. The molecule has 300 valence electrons. The maximum absolute atomic E-state index is 12.4. The quantitative estimate of drug-likeness (QED) is 0.0845. The van der Waals surface area contributed by atoms with Crippen LogP contribution in [0.4, 0.5) is 0 Å². The lowest BCUT2D eigenvalue weighted by Gasteiger charge is -2.30. The number of hydrogen-bond acceptors (Lipinski definition) is 5. The van der Waals surface area contributed by atoms with Crippen molar-refractivity contribution in [3.8, 4) is 45.6 Å². The number of esters is 2. The third kappa shape index (κ3) is 9.48. The smallest absolute Gasteiger partial charge is 0.308 e. The highest BCUT2D eigenvalue weighted by atomic mass is 79.9. The van der Waals surface area contributed by atoms with E-state index in [1.807, 2.05) is 0 Å². The number of benzene rings is 5. The summed E-state index contributed by atoms with van der Waals surface area (Å²) >= 11 is 4.03. The molecule has 0 atom stereocenters. The predicted octanol–water partition coefficient (Wildman–Crippen LogP) is 13.3. The van der Waals surface area contributed by atoms with Gasteiger partial charge in [0.2, 0.25) is 0 Å². The van der Waals surface area contributed by atoms with E-state index in [2.05, 4.69) is 172 Å². The fraction of sp³-hybridized carbons (Fsp3) is 0.412. The maximum atomic E-state index is 12.4. The summed E-state index contributed by atoms with van der Waals surface area (Å²) in [6, 6.07) is 21.5. The number of carbonyl (C=O) groups is 2. The van der Waals surface area contributed by atoms with Crippen molar-refractivity contribution >= 4 is 49.4 Å². The van der Waals surface area contributed by atoms with Gasteiger partial charge in [-0.3, -0.25) is 9.59 Å². The van der Waals surface area contributed by atoms with Crippen molar-refractivity contribution in [2.75, 3.05) is 0 Å². The van der Waals surface area contributed by atoms with Gasteiger partial charge >= 0.3 is 11.9 Å². The van der Waals surface area contributed by atoms with Gasteiger partial charge in [-0.05, 0) is 132 Å². The Morgan fingerprint density at radius 3 is 1.19 bits per heavy atom. The average Bonchev–Trinajstić information content (AvgIpc) is 3.05. The van der Waals surface area contributed by atoms with E-state index in [9.17, 15) is 14.7 Å². The van der Waals surface area contributed by atoms with E-state index in [-0.39, 0.29) is 33.6 Å². The molecule has 0 aliphatic heterocycles. The molecule has 1 N–H and O–H groups in total. The standard InChI is InChI=1S/C51H59BrO5/c1-29(53)56-45-40(47(3,4)5)25-33(26-41(45)48(6,7)8)31-18-20-37-38(23-31)36(21-22-51(15,16)55)35-19-17-32(24-39(35)44(37)52)34-27-42(49(9,10)11)46(57-30(2)54)43(28-34)50(12,13)14/h17-20,23-28,55H,1-16H3. The highest BCUT2D eigenvalue weighted by molar-refractivity contribution is 9.10. The minimum atomic E-state index is -1.21. The van der Waals surface area contributed by atoms with Gasteiger partial charge in [0.15, 0.2) is 0 Å². The molecule has 0 fully saturated rings. The predicted molar refractivity (Wildman–Crippen MR) is 241 cm³/mol. The van der Waals surface area contributed by atoms with Gasteiger partial charge in [0.1, 0.15) is 17.1 Å². The van der Waals surface area contributed by atoms with Crippen molar-refractivity contribution in [3.63, 3.8) is 0 Å². The fourth-order valence-electron chi connectivity index (χ4n) is 7.21. The summed E-state index contributed by atoms with van der Waals surface area (Å²) in [6.45, 7) is 31.9. The van der Waals surface area contributed by atoms with Gasteiger partial charge < -0.3 is 14.6 Å². The summed E-state index contributed by atoms with van der Waals surface area (Å²) in [6.07, 6.45) is 0. The molecule has 0 unspecified atom stereocenters. The molecule has 6 heteroatoms. The van der Waals surface area contributed by atoms with E-state index in [1.165, 1.54) is 13.8 Å². The van der Waals surface area contributed by atoms with Crippen LogP contribution in [-0.2, 0) is 31.2 Å². The summed E-state index contributed by atoms with van der Waals surface area (Å²) in [5.41, 5.74) is 6.30. The zero-order valence-corrected chi connectivity index (χ0v) is 38.3. The lowest BCUT2D eigenvalue weighted by atomic mass is 9.77. The second kappa shape index (κ2) is 15.1. The Hall–Kier alpha value is -4.44. The minimum Gasteiger partial charge on any atom is -0.426 e. The first kappa shape index (κ1) is 43.7. The Balaban J connectivity index is 1.85.